The zero-order valence-corrected chi connectivity index (χ0v) is 25.2. The molecule has 2 aromatic rings. The van der Waals surface area contributed by atoms with Crippen LogP contribution in [0.3, 0.4) is 0 Å². The van der Waals surface area contributed by atoms with E-state index in [2.05, 4.69) is 9.72 Å². The fourth-order valence-electron chi connectivity index (χ4n) is 4.39. The molecule has 2 fully saturated rings. The number of rotatable bonds is 13. The van der Waals surface area contributed by atoms with Gasteiger partial charge in [0, 0.05) is 32.3 Å². The van der Waals surface area contributed by atoms with Crippen molar-refractivity contribution in [1.29, 1.82) is 0 Å². The lowest BCUT2D eigenvalue weighted by Gasteiger charge is -2.39. The van der Waals surface area contributed by atoms with Crippen molar-refractivity contribution in [1.82, 2.24) is 14.8 Å². The van der Waals surface area contributed by atoms with Crippen LogP contribution in [0.4, 0.5) is 8.78 Å². The van der Waals surface area contributed by atoms with Gasteiger partial charge in [0.15, 0.2) is 23.0 Å². The van der Waals surface area contributed by atoms with Crippen LogP contribution in [0.1, 0.15) is 49.9 Å². The quantitative estimate of drug-likeness (QED) is 0.257. The third-order valence-electron chi connectivity index (χ3n) is 6.98. The number of carbonyl (C=O) groups is 3. The molecular formula is C29H38F2N4O9. The summed E-state index contributed by atoms with van der Waals surface area (Å²) in [5.41, 5.74) is 5.32. The van der Waals surface area contributed by atoms with E-state index in [0.717, 1.165) is 12.8 Å². The molecule has 13 nitrogen and oxygen atoms in total. The minimum absolute atomic E-state index is 0.0000861. The van der Waals surface area contributed by atoms with Crippen LogP contribution in [0.15, 0.2) is 22.6 Å². The van der Waals surface area contributed by atoms with Crippen LogP contribution in [0.25, 0.3) is 11.5 Å². The first-order chi connectivity index (χ1) is 20.9. The van der Waals surface area contributed by atoms with Gasteiger partial charge in [-0.15, -0.1) is 0 Å². The van der Waals surface area contributed by atoms with Crippen molar-refractivity contribution in [2.45, 2.75) is 52.8 Å². The molecule has 2 aliphatic rings. The van der Waals surface area contributed by atoms with E-state index >= 15 is 0 Å². The number of esters is 2. The average Bonchev–Trinajstić information content (AvgIpc) is 3.71. The van der Waals surface area contributed by atoms with Crippen LogP contribution in [-0.2, 0) is 30.3 Å². The van der Waals surface area contributed by atoms with E-state index in [4.69, 9.17) is 29.1 Å². The Hall–Kier alpha value is -3.82. The molecule has 1 aromatic carbocycles. The van der Waals surface area contributed by atoms with Crippen LogP contribution in [-0.4, -0.2) is 92.2 Å². The summed E-state index contributed by atoms with van der Waals surface area (Å²) < 4.78 is 57.6. The maximum Gasteiger partial charge on any atom is 0.387 e. The van der Waals surface area contributed by atoms with Gasteiger partial charge >= 0.3 is 18.6 Å². The van der Waals surface area contributed by atoms with E-state index in [0.29, 0.717) is 24.6 Å². The second-order valence-electron chi connectivity index (χ2n) is 11.6. The number of piperazine rings is 1. The van der Waals surface area contributed by atoms with E-state index in [1.54, 1.807) is 20.8 Å². The van der Waals surface area contributed by atoms with Gasteiger partial charge in [-0.3, -0.25) is 14.5 Å². The highest BCUT2D eigenvalue weighted by molar-refractivity contribution is 5.96. The highest BCUT2D eigenvalue weighted by atomic mass is 19.3. The molecule has 1 aliphatic carbocycles. The van der Waals surface area contributed by atoms with Crippen molar-refractivity contribution in [3.8, 4) is 23.0 Å². The fraction of sp³-hybridized carbons (Fsp3) is 0.586. The monoisotopic (exact) mass is 624 g/mol. The minimum atomic E-state index is -3.05. The Kier molecular flexibility index (Phi) is 10.8. The van der Waals surface area contributed by atoms with Gasteiger partial charge in [0.1, 0.15) is 6.04 Å². The Morgan fingerprint density at radius 3 is 2.52 bits per heavy atom. The number of alkyl halides is 2. The number of amides is 1. The van der Waals surface area contributed by atoms with Crippen LogP contribution in [0.5, 0.6) is 11.5 Å². The lowest BCUT2D eigenvalue weighted by atomic mass is 9.98. The van der Waals surface area contributed by atoms with E-state index in [1.807, 2.05) is 4.90 Å². The molecule has 4 rings (SSSR count). The first kappa shape index (κ1) is 33.1. The van der Waals surface area contributed by atoms with Crippen LogP contribution >= 0.6 is 0 Å². The molecule has 1 saturated heterocycles. The molecule has 1 atom stereocenters. The Morgan fingerprint density at radius 1 is 1.14 bits per heavy atom. The standard InChI is InChI=1S/C29H38F2N4O9/c1-29(2,3)27(38)42-16-41-26(37)19-13-34(15-39-4)9-10-35(19)25(36)23-22(12-32)43-24(33-23)18-7-8-20(44-28(30)31)21(11-18)40-14-17-5-6-17/h7-8,11,17,19,28H,5-6,9-10,12-16,32H2,1-4H3. The molecule has 1 saturated carbocycles. The normalized spacial score (nSPS) is 17.5. The largest absolute Gasteiger partial charge is 0.489 e. The number of halogens is 2. The van der Waals surface area contributed by atoms with E-state index < -0.39 is 42.7 Å². The smallest absolute Gasteiger partial charge is 0.387 e. The minimum Gasteiger partial charge on any atom is -0.489 e. The number of oxazole rings is 1. The highest BCUT2D eigenvalue weighted by Crippen LogP contribution is 2.37. The van der Waals surface area contributed by atoms with Crippen molar-refractivity contribution < 1.29 is 51.3 Å². The molecule has 1 unspecified atom stereocenters. The molecule has 2 N–H and O–H groups in total. The predicted molar refractivity (Wildman–Crippen MR) is 149 cm³/mol. The number of hydrogen-bond donors (Lipinski definition) is 1. The number of hydrogen-bond acceptors (Lipinski definition) is 12. The van der Waals surface area contributed by atoms with Gasteiger partial charge < -0.3 is 38.7 Å². The van der Waals surface area contributed by atoms with Gasteiger partial charge in [-0.05, 0) is 57.7 Å². The molecule has 1 aromatic heterocycles. The Bertz CT molecular complexity index is 1330. The summed E-state index contributed by atoms with van der Waals surface area (Å²) in [4.78, 5) is 46.5. The second-order valence-corrected chi connectivity index (χ2v) is 11.6. The summed E-state index contributed by atoms with van der Waals surface area (Å²) >= 11 is 0. The summed E-state index contributed by atoms with van der Waals surface area (Å²) in [6.45, 7) is 2.28. The van der Waals surface area contributed by atoms with Crippen molar-refractivity contribution in [3.05, 3.63) is 29.7 Å². The average molecular weight is 625 g/mol. The zero-order valence-electron chi connectivity index (χ0n) is 25.2. The van der Waals surface area contributed by atoms with Crippen LogP contribution in [0.2, 0.25) is 0 Å². The van der Waals surface area contributed by atoms with E-state index in [-0.39, 0.29) is 55.2 Å². The van der Waals surface area contributed by atoms with Gasteiger partial charge in [0.05, 0.1) is 25.3 Å². The van der Waals surface area contributed by atoms with Gasteiger partial charge in [-0.25, -0.2) is 9.78 Å². The molecule has 2 heterocycles. The zero-order chi connectivity index (χ0) is 32.0. The molecular weight excluding hydrogens is 586 g/mol. The van der Waals surface area contributed by atoms with Gasteiger partial charge in [0.2, 0.25) is 12.7 Å². The molecule has 0 radical (unpaired) electrons. The number of carbonyl (C=O) groups excluding carboxylic acids is 3. The number of nitrogens with two attached hydrogens (primary N) is 1. The van der Waals surface area contributed by atoms with Gasteiger partial charge in [0.25, 0.3) is 5.91 Å². The molecule has 1 amide bonds. The molecule has 44 heavy (non-hydrogen) atoms. The summed E-state index contributed by atoms with van der Waals surface area (Å²) in [6.07, 6.45) is 1.98. The number of aromatic nitrogens is 1. The predicted octanol–water partition coefficient (Wildman–Crippen LogP) is 3.01. The first-order valence-electron chi connectivity index (χ1n) is 14.2. The van der Waals surface area contributed by atoms with Gasteiger partial charge in [-0.1, -0.05) is 0 Å². The highest BCUT2D eigenvalue weighted by Gasteiger charge is 2.39. The number of methoxy groups -OCH3 is 1. The topological polar surface area (TPSA) is 156 Å². The van der Waals surface area contributed by atoms with Crippen LogP contribution < -0.4 is 15.2 Å². The second kappa shape index (κ2) is 14.3. The van der Waals surface area contributed by atoms with Crippen LogP contribution in [0, 0.1) is 11.3 Å². The molecule has 242 valence electrons. The lowest BCUT2D eigenvalue weighted by Crippen LogP contribution is -2.59. The Morgan fingerprint density at radius 2 is 1.89 bits per heavy atom. The number of benzene rings is 1. The van der Waals surface area contributed by atoms with Crippen molar-refractivity contribution in [2.75, 3.05) is 46.9 Å². The maximum absolute atomic E-state index is 13.8. The summed E-state index contributed by atoms with van der Waals surface area (Å²) in [5.74, 6) is -1.62. The van der Waals surface area contributed by atoms with Crippen molar-refractivity contribution >= 4 is 17.8 Å². The third kappa shape index (κ3) is 8.42. The summed E-state index contributed by atoms with van der Waals surface area (Å²) in [7, 11) is 1.51. The summed E-state index contributed by atoms with van der Waals surface area (Å²) in [5, 5.41) is 0. The van der Waals surface area contributed by atoms with Crippen molar-refractivity contribution in [3.63, 3.8) is 0 Å². The maximum atomic E-state index is 13.8. The molecule has 0 spiro atoms. The Balaban J connectivity index is 1.56. The molecule has 1 aliphatic heterocycles. The van der Waals surface area contributed by atoms with E-state index in [1.165, 1.54) is 30.2 Å². The van der Waals surface area contributed by atoms with Gasteiger partial charge in [-0.2, -0.15) is 8.78 Å². The Labute approximate surface area is 253 Å². The lowest BCUT2D eigenvalue weighted by molar-refractivity contribution is -0.177. The molecule has 0 bridgehead atoms. The van der Waals surface area contributed by atoms with Crippen molar-refractivity contribution in [2.24, 2.45) is 17.1 Å². The van der Waals surface area contributed by atoms with E-state index in [9.17, 15) is 23.2 Å². The number of nitrogens with zero attached hydrogens (tertiary/aromatic N) is 3. The third-order valence-corrected chi connectivity index (χ3v) is 6.98. The number of ether oxygens (including phenoxy) is 5. The first-order valence-corrected chi connectivity index (χ1v) is 14.2. The molecule has 15 heteroatoms. The SMILES string of the molecule is COCN1CCN(C(=O)c2nc(-c3ccc(OC(F)F)c(OCC4CC4)c3)oc2CN)C(C(=O)OCOC(=O)C(C)(C)C)C1. The fourth-order valence-corrected chi connectivity index (χ4v) is 4.39. The summed E-state index contributed by atoms with van der Waals surface area (Å²) in [6, 6.07) is 3.12.